The lowest BCUT2D eigenvalue weighted by Crippen LogP contribution is -2.65. The summed E-state index contributed by atoms with van der Waals surface area (Å²) in [6, 6.07) is 3.42. The van der Waals surface area contributed by atoms with Crippen LogP contribution < -0.4 is 10.0 Å². The lowest BCUT2D eigenvalue weighted by molar-refractivity contribution is -0.137. The molecule has 0 aromatic heterocycles. The highest BCUT2D eigenvalue weighted by Crippen LogP contribution is 2.44. The van der Waals surface area contributed by atoms with Gasteiger partial charge in [-0.05, 0) is 42.5 Å². The largest absolute Gasteiger partial charge is 0.416 e. The standard InChI is InChI=1S/C13H15F3N2O2S/c14-13(15,16)9-1-3-11(4-2-9)21(19,20)18-10-5-12(6-10)7-17-8-12/h1-4,10,17-18H,5-8H2. The molecule has 21 heavy (non-hydrogen) atoms. The molecule has 0 bridgehead atoms. The number of benzene rings is 1. The Morgan fingerprint density at radius 2 is 1.71 bits per heavy atom. The van der Waals surface area contributed by atoms with E-state index in [9.17, 15) is 21.6 Å². The third kappa shape index (κ3) is 2.79. The molecule has 1 aromatic carbocycles. The summed E-state index contributed by atoms with van der Waals surface area (Å²) in [5, 5.41) is 3.16. The Kier molecular flexibility index (Phi) is 3.30. The SMILES string of the molecule is O=S(=O)(NC1CC2(CNC2)C1)c1ccc(C(F)(F)F)cc1. The maximum absolute atomic E-state index is 12.4. The van der Waals surface area contributed by atoms with Crippen LogP contribution in [0, 0.1) is 5.41 Å². The van der Waals surface area contributed by atoms with E-state index in [-0.39, 0.29) is 16.4 Å². The fourth-order valence-electron chi connectivity index (χ4n) is 2.95. The molecule has 0 unspecified atom stereocenters. The van der Waals surface area contributed by atoms with Crippen LogP contribution in [0.1, 0.15) is 18.4 Å². The van der Waals surface area contributed by atoms with Crippen molar-refractivity contribution in [2.75, 3.05) is 13.1 Å². The number of hydrogen-bond donors (Lipinski definition) is 2. The molecule has 1 heterocycles. The molecule has 116 valence electrons. The molecule has 2 N–H and O–H groups in total. The molecule has 1 aliphatic heterocycles. The summed E-state index contributed by atoms with van der Waals surface area (Å²) in [6.45, 7) is 1.82. The molecule has 3 rings (SSSR count). The third-order valence-electron chi connectivity index (χ3n) is 4.17. The molecule has 1 aliphatic carbocycles. The van der Waals surface area contributed by atoms with Gasteiger partial charge >= 0.3 is 6.18 Å². The van der Waals surface area contributed by atoms with E-state index in [1.807, 2.05) is 0 Å². The van der Waals surface area contributed by atoms with E-state index in [2.05, 4.69) is 10.0 Å². The van der Waals surface area contributed by atoms with Gasteiger partial charge in [0.2, 0.25) is 10.0 Å². The smallest absolute Gasteiger partial charge is 0.316 e. The van der Waals surface area contributed by atoms with Crippen LogP contribution in [0.5, 0.6) is 0 Å². The normalized spacial score (nSPS) is 21.9. The van der Waals surface area contributed by atoms with Crippen LogP contribution in [-0.4, -0.2) is 27.5 Å². The fourth-order valence-corrected chi connectivity index (χ4v) is 4.18. The van der Waals surface area contributed by atoms with Gasteiger partial charge in [-0.25, -0.2) is 13.1 Å². The second kappa shape index (κ2) is 4.69. The Morgan fingerprint density at radius 1 is 1.14 bits per heavy atom. The predicted molar refractivity (Wildman–Crippen MR) is 70.1 cm³/mol. The molecule has 1 saturated heterocycles. The molecule has 1 aromatic rings. The number of hydrogen-bond acceptors (Lipinski definition) is 3. The molecule has 0 atom stereocenters. The number of rotatable bonds is 3. The van der Waals surface area contributed by atoms with Gasteiger partial charge < -0.3 is 5.32 Å². The Hall–Kier alpha value is -1.12. The van der Waals surface area contributed by atoms with Crippen molar-refractivity contribution < 1.29 is 21.6 Å². The molecule has 1 spiro atoms. The van der Waals surface area contributed by atoms with E-state index in [0.29, 0.717) is 0 Å². The summed E-state index contributed by atoms with van der Waals surface area (Å²) in [5.74, 6) is 0. The van der Waals surface area contributed by atoms with Gasteiger partial charge in [-0.3, -0.25) is 0 Å². The van der Waals surface area contributed by atoms with Crippen molar-refractivity contribution in [1.82, 2.24) is 10.0 Å². The second-order valence-electron chi connectivity index (χ2n) is 5.85. The lowest BCUT2D eigenvalue weighted by Gasteiger charge is -2.54. The molecule has 8 heteroatoms. The van der Waals surface area contributed by atoms with Crippen LogP contribution in [0.2, 0.25) is 0 Å². The van der Waals surface area contributed by atoms with Gasteiger partial charge in [-0.15, -0.1) is 0 Å². The summed E-state index contributed by atoms with van der Waals surface area (Å²) in [5.41, 5.74) is -0.627. The first-order valence-electron chi connectivity index (χ1n) is 6.61. The molecule has 2 fully saturated rings. The topological polar surface area (TPSA) is 58.2 Å². The van der Waals surface area contributed by atoms with Crippen LogP contribution in [0.25, 0.3) is 0 Å². The van der Waals surface area contributed by atoms with E-state index in [1.165, 1.54) is 0 Å². The molecule has 0 amide bonds. The van der Waals surface area contributed by atoms with Crippen LogP contribution in [-0.2, 0) is 16.2 Å². The number of nitrogens with one attached hydrogen (secondary N) is 2. The summed E-state index contributed by atoms with van der Waals surface area (Å²) in [4.78, 5) is -0.136. The second-order valence-corrected chi connectivity index (χ2v) is 7.57. The summed E-state index contributed by atoms with van der Waals surface area (Å²) in [6.07, 6.45) is -2.91. The first-order chi connectivity index (χ1) is 9.70. The highest BCUT2D eigenvalue weighted by Gasteiger charge is 2.49. The Bertz CT molecular complexity index is 628. The van der Waals surface area contributed by atoms with Crippen molar-refractivity contribution in [2.24, 2.45) is 5.41 Å². The van der Waals surface area contributed by atoms with E-state index in [4.69, 9.17) is 0 Å². The first-order valence-corrected chi connectivity index (χ1v) is 8.09. The van der Waals surface area contributed by atoms with Crippen molar-refractivity contribution in [1.29, 1.82) is 0 Å². The Labute approximate surface area is 120 Å². The van der Waals surface area contributed by atoms with E-state index >= 15 is 0 Å². The summed E-state index contributed by atoms with van der Waals surface area (Å²) in [7, 11) is -3.75. The fraction of sp³-hybridized carbons (Fsp3) is 0.538. The zero-order valence-corrected chi connectivity index (χ0v) is 11.9. The summed E-state index contributed by atoms with van der Waals surface area (Å²) >= 11 is 0. The number of alkyl halides is 3. The molecule has 1 saturated carbocycles. The first kappa shape index (κ1) is 14.8. The van der Waals surface area contributed by atoms with E-state index in [0.717, 1.165) is 50.2 Å². The average Bonchev–Trinajstić information content (AvgIpc) is 2.30. The van der Waals surface area contributed by atoms with Gasteiger partial charge in [0.25, 0.3) is 0 Å². The highest BCUT2D eigenvalue weighted by molar-refractivity contribution is 7.89. The average molecular weight is 320 g/mol. The molecule has 0 radical (unpaired) electrons. The molecular formula is C13H15F3N2O2S. The summed E-state index contributed by atoms with van der Waals surface area (Å²) < 4.78 is 64.1. The van der Waals surface area contributed by atoms with Crippen molar-refractivity contribution >= 4 is 10.0 Å². The number of sulfonamides is 1. The minimum absolute atomic E-state index is 0.126. The van der Waals surface area contributed by atoms with Crippen molar-refractivity contribution in [2.45, 2.75) is 30.0 Å². The third-order valence-corrected chi connectivity index (χ3v) is 5.71. The molecule has 2 aliphatic rings. The van der Waals surface area contributed by atoms with Crippen molar-refractivity contribution in [3.05, 3.63) is 29.8 Å². The molecule has 4 nitrogen and oxygen atoms in total. The maximum Gasteiger partial charge on any atom is 0.416 e. The minimum atomic E-state index is -4.46. The Morgan fingerprint density at radius 3 is 2.14 bits per heavy atom. The lowest BCUT2D eigenvalue weighted by atomic mass is 9.62. The van der Waals surface area contributed by atoms with E-state index < -0.39 is 21.8 Å². The maximum atomic E-state index is 12.4. The Balaban J connectivity index is 1.67. The molecular weight excluding hydrogens is 305 g/mol. The van der Waals surface area contributed by atoms with Gasteiger partial charge in [0.1, 0.15) is 0 Å². The van der Waals surface area contributed by atoms with Crippen molar-refractivity contribution in [3.63, 3.8) is 0 Å². The van der Waals surface area contributed by atoms with Gasteiger partial charge in [0, 0.05) is 19.1 Å². The quantitative estimate of drug-likeness (QED) is 0.892. The van der Waals surface area contributed by atoms with Gasteiger partial charge in [-0.1, -0.05) is 0 Å². The van der Waals surface area contributed by atoms with Crippen LogP contribution in [0.15, 0.2) is 29.2 Å². The van der Waals surface area contributed by atoms with Crippen LogP contribution >= 0.6 is 0 Å². The monoisotopic (exact) mass is 320 g/mol. The zero-order chi connectivity index (χ0) is 15.3. The van der Waals surface area contributed by atoms with E-state index in [1.54, 1.807) is 0 Å². The van der Waals surface area contributed by atoms with Crippen LogP contribution in [0.4, 0.5) is 13.2 Å². The highest BCUT2D eigenvalue weighted by atomic mass is 32.2. The minimum Gasteiger partial charge on any atom is -0.316 e. The van der Waals surface area contributed by atoms with Gasteiger partial charge in [0.05, 0.1) is 10.5 Å². The zero-order valence-electron chi connectivity index (χ0n) is 11.1. The van der Waals surface area contributed by atoms with Crippen molar-refractivity contribution in [3.8, 4) is 0 Å². The van der Waals surface area contributed by atoms with Crippen LogP contribution in [0.3, 0.4) is 0 Å². The van der Waals surface area contributed by atoms with Gasteiger partial charge in [0.15, 0.2) is 0 Å². The number of halogens is 3. The van der Waals surface area contributed by atoms with Gasteiger partial charge in [-0.2, -0.15) is 13.2 Å². The predicted octanol–water partition coefficient (Wildman–Crippen LogP) is 1.74.